The highest BCUT2D eigenvalue weighted by atomic mass is 16.5. The van der Waals surface area contributed by atoms with E-state index in [0.717, 1.165) is 5.56 Å². The lowest BCUT2D eigenvalue weighted by Crippen LogP contribution is -2.21. The minimum atomic E-state index is -0.847. The number of rotatable bonds is 6. The maximum absolute atomic E-state index is 10.5. The van der Waals surface area contributed by atoms with E-state index in [9.17, 15) is 9.90 Å². The monoisotopic (exact) mass is 238 g/mol. The van der Waals surface area contributed by atoms with E-state index in [0.29, 0.717) is 18.8 Å². The Bertz CT molecular complexity index is 362. The van der Waals surface area contributed by atoms with E-state index in [1.807, 2.05) is 0 Å². The second-order valence-electron chi connectivity index (χ2n) is 4.63. The van der Waals surface area contributed by atoms with E-state index in [2.05, 4.69) is 0 Å². The molecule has 4 nitrogen and oxygen atoms in total. The third-order valence-electron chi connectivity index (χ3n) is 2.26. The molecule has 0 amide bonds. The minimum absolute atomic E-state index is 0.0178. The summed E-state index contributed by atoms with van der Waals surface area (Å²) >= 11 is 0. The van der Waals surface area contributed by atoms with Gasteiger partial charge in [0.1, 0.15) is 5.75 Å². The lowest BCUT2D eigenvalue weighted by molar-refractivity contribution is -0.136. The summed E-state index contributed by atoms with van der Waals surface area (Å²) in [6, 6.07) is 6.94. The first-order valence-corrected chi connectivity index (χ1v) is 5.53. The van der Waals surface area contributed by atoms with Crippen LogP contribution < -0.4 is 4.74 Å². The third-order valence-corrected chi connectivity index (χ3v) is 2.26. The van der Waals surface area contributed by atoms with E-state index >= 15 is 0 Å². The topological polar surface area (TPSA) is 66.8 Å². The van der Waals surface area contributed by atoms with Crippen molar-refractivity contribution < 1.29 is 19.7 Å². The van der Waals surface area contributed by atoms with Gasteiger partial charge in [-0.3, -0.25) is 4.79 Å². The summed E-state index contributed by atoms with van der Waals surface area (Å²) < 4.78 is 5.43. The van der Waals surface area contributed by atoms with Gasteiger partial charge in [0.25, 0.3) is 0 Å². The molecule has 0 aliphatic carbocycles. The van der Waals surface area contributed by atoms with Gasteiger partial charge in [0.2, 0.25) is 0 Å². The number of aliphatic hydroxyl groups is 1. The summed E-state index contributed by atoms with van der Waals surface area (Å²) in [5.41, 5.74) is 0.0100. The molecule has 0 bridgehead atoms. The summed E-state index contributed by atoms with van der Waals surface area (Å²) in [5.74, 6) is -0.163. The molecule has 2 N–H and O–H groups in total. The molecule has 0 saturated heterocycles. The Morgan fingerprint density at radius 3 is 2.35 bits per heavy atom. The Morgan fingerprint density at radius 1 is 1.29 bits per heavy atom. The van der Waals surface area contributed by atoms with Crippen molar-refractivity contribution in [1.29, 1.82) is 0 Å². The number of hydrogen-bond acceptors (Lipinski definition) is 3. The van der Waals surface area contributed by atoms with Crippen LogP contribution in [0.2, 0.25) is 0 Å². The van der Waals surface area contributed by atoms with Crippen molar-refractivity contribution in [3.63, 3.8) is 0 Å². The molecule has 4 heteroatoms. The van der Waals surface area contributed by atoms with Gasteiger partial charge >= 0.3 is 5.97 Å². The van der Waals surface area contributed by atoms with Gasteiger partial charge in [-0.25, -0.2) is 0 Å². The Kier molecular flexibility index (Phi) is 4.52. The average molecular weight is 238 g/mol. The van der Waals surface area contributed by atoms with E-state index < -0.39 is 11.6 Å². The van der Waals surface area contributed by atoms with Gasteiger partial charge in [0, 0.05) is 6.42 Å². The van der Waals surface area contributed by atoms with Crippen LogP contribution in [0.4, 0.5) is 0 Å². The summed E-state index contributed by atoms with van der Waals surface area (Å²) in [6.45, 7) is 3.89. The predicted molar refractivity (Wildman–Crippen MR) is 64.2 cm³/mol. The first kappa shape index (κ1) is 13.5. The molecular formula is C13H18O4. The predicted octanol–water partition coefficient (Wildman–Crippen LogP) is 1.85. The van der Waals surface area contributed by atoms with Crippen LogP contribution in [0.1, 0.15) is 25.8 Å². The number of carboxylic acid groups (broad SMARTS) is 1. The first-order valence-electron chi connectivity index (χ1n) is 5.53. The number of carbonyl (C=O) groups is 1. The standard InChI is InChI=1S/C13H18O4/c1-13(2,16)7-8-17-11-5-3-10(4-6-11)9-12(14)15/h3-6,16H,7-9H2,1-2H3,(H,14,15). The molecule has 0 aromatic heterocycles. The van der Waals surface area contributed by atoms with Crippen LogP contribution in [0, 0.1) is 0 Å². The van der Waals surface area contributed by atoms with E-state index in [-0.39, 0.29) is 6.42 Å². The molecule has 0 aliphatic heterocycles. The van der Waals surface area contributed by atoms with Crippen LogP contribution in [0.3, 0.4) is 0 Å². The third kappa shape index (κ3) is 5.92. The van der Waals surface area contributed by atoms with Crippen LogP contribution in [-0.4, -0.2) is 28.4 Å². The maximum Gasteiger partial charge on any atom is 0.307 e. The fourth-order valence-electron chi connectivity index (χ4n) is 1.30. The van der Waals surface area contributed by atoms with Crippen molar-refractivity contribution in [2.24, 2.45) is 0 Å². The summed E-state index contributed by atoms with van der Waals surface area (Å²) in [4.78, 5) is 10.5. The summed E-state index contributed by atoms with van der Waals surface area (Å²) in [7, 11) is 0. The number of hydrogen-bond donors (Lipinski definition) is 2. The Balaban J connectivity index is 2.43. The average Bonchev–Trinajstić information content (AvgIpc) is 2.18. The quantitative estimate of drug-likeness (QED) is 0.793. The number of ether oxygens (including phenoxy) is 1. The smallest absolute Gasteiger partial charge is 0.307 e. The molecule has 0 radical (unpaired) electrons. The Hall–Kier alpha value is -1.55. The zero-order valence-corrected chi connectivity index (χ0v) is 10.1. The second-order valence-corrected chi connectivity index (χ2v) is 4.63. The van der Waals surface area contributed by atoms with E-state index in [4.69, 9.17) is 9.84 Å². The van der Waals surface area contributed by atoms with Crippen LogP contribution >= 0.6 is 0 Å². The number of benzene rings is 1. The van der Waals surface area contributed by atoms with Gasteiger partial charge in [0.05, 0.1) is 18.6 Å². The van der Waals surface area contributed by atoms with Crippen molar-refractivity contribution in [3.8, 4) is 5.75 Å². The molecule has 94 valence electrons. The highest BCUT2D eigenvalue weighted by Crippen LogP contribution is 2.14. The highest BCUT2D eigenvalue weighted by Gasteiger charge is 2.12. The largest absolute Gasteiger partial charge is 0.493 e. The second kappa shape index (κ2) is 5.68. The summed E-state index contributed by atoms with van der Waals surface area (Å²) in [6.07, 6.45) is 0.563. The molecule has 1 rings (SSSR count). The molecule has 0 spiro atoms. The van der Waals surface area contributed by atoms with Gasteiger partial charge in [-0.05, 0) is 31.5 Å². The molecule has 17 heavy (non-hydrogen) atoms. The molecule has 0 saturated carbocycles. The van der Waals surface area contributed by atoms with Crippen LogP contribution in [-0.2, 0) is 11.2 Å². The van der Waals surface area contributed by atoms with Gasteiger partial charge in [-0.2, -0.15) is 0 Å². The molecule has 0 heterocycles. The molecule has 0 unspecified atom stereocenters. The van der Waals surface area contributed by atoms with E-state index in [1.165, 1.54) is 0 Å². The van der Waals surface area contributed by atoms with Crippen LogP contribution in [0.5, 0.6) is 5.75 Å². The fourth-order valence-corrected chi connectivity index (χ4v) is 1.30. The van der Waals surface area contributed by atoms with Crippen LogP contribution in [0.15, 0.2) is 24.3 Å². The van der Waals surface area contributed by atoms with E-state index in [1.54, 1.807) is 38.1 Å². The lowest BCUT2D eigenvalue weighted by atomic mass is 10.1. The number of carboxylic acids is 1. The lowest BCUT2D eigenvalue weighted by Gasteiger charge is -2.17. The number of aliphatic carboxylic acids is 1. The SMILES string of the molecule is CC(C)(O)CCOc1ccc(CC(=O)O)cc1. The normalized spacial score (nSPS) is 11.2. The molecule has 1 aromatic rings. The zero-order valence-electron chi connectivity index (χ0n) is 10.1. The summed E-state index contributed by atoms with van der Waals surface area (Å²) in [5, 5.41) is 18.1. The first-order chi connectivity index (χ1) is 7.87. The Labute approximate surface area is 101 Å². The highest BCUT2D eigenvalue weighted by molar-refractivity contribution is 5.70. The zero-order chi connectivity index (χ0) is 12.9. The van der Waals surface area contributed by atoms with Gasteiger partial charge < -0.3 is 14.9 Å². The van der Waals surface area contributed by atoms with Crippen molar-refractivity contribution in [1.82, 2.24) is 0 Å². The van der Waals surface area contributed by atoms with Gasteiger partial charge in [-0.1, -0.05) is 12.1 Å². The van der Waals surface area contributed by atoms with Crippen molar-refractivity contribution >= 4 is 5.97 Å². The molecule has 1 aromatic carbocycles. The Morgan fingerprint density at radius 2 is 1.88 bits per heavy atom. The molecule has 0 fully saturated rings. The van der Waals surface area contributed by atoms with Gasteiger partial charge in [-0.15, -0.1) is 0 Å². The fraction of sp³-hybridized carbons (Fsp3) is 0.462. The van der Waals surface area contributed by atoms with Crippen molar-refractivity contribution in [2.45, 2.75) is 32.3 Å². The maximum atomic E-state index is 10.5. The molecular weight excluding hydrogens is 220 g/mol. The molecule has 0 atom stereocenters. The van der Waals surface area contributed by atoms with Crippen molar-refractivity contribution in [2.75, 3.05) is 6.61 Å². The van der Waals surface area contributed by atoms with Crippen molar-refractivity contribution in [3.05, 3.63) is 29.8 Å². The molecule has 0 aliphatic rings. The van der Waals surface area contributed by atoms with Crippen LogP contribution in [0.25, 0.3) is 0 Å². The van der Waals surface area contributed by atoms with Gasteiger partial charge in [0.15, 0.2) is 0 Å². The minimum Gasteiger partial charge on any atom is -0.493 e.